The van der Waals surface area contributed by atoms with Crippen molar-refractivity contribution in [3.63, 3.8) is 0 Å². The third kappa shape index (κ3) is 3.55. The van der Waals surface area contributed by atoms with Gasteiger partial charge in [-0.3, -0.25) is 10.1 Å². The third-order valence-electron chi connectivity index (χ3n) is 2.79. The number of nitriles is 1. The fourth-order valence-corrected chi connectivity index (χ4v) is 2.26. The van der Waals surface area contributed by atoms with Gasteiger partial charge in [0, 0.05) is 18.3 Å². The number of nitro groups is 1. The second-order valence-corrected chi connectivity index (χ2v) is 5.06. The Hall–Kier alpha value is -2.46. The summed E-state index contributed by atoms with van der Waals surface area (Å²) in [5.74, 6) is -0.556. The van der Waals surface area contributed by atoms with Gasteiger partial charge in [0.1, 0.15) is 11.9 Å². The molecule has 106 valence electrons. The number of halogens is 2. The molecule has 2 aromatic rings. The van der Waals surface area contributed by atoms with Crippen molar-refractivity contribution in [1.29, 1.82) is 5.26 Å². The Morgan fingerprint density at radius 2 is 2.10 bits per heavy atom. The lowest BCUT2D eigenvalue weighted by Crippen LogP contribution is -2.01. The molecule has 0 unspecified atom stereocenters. The van der Waals surface area contributed by atoms with Crippen molar-refractivity contribution in [2.75, 3.05) is 5.32 Å². The molecule has 2 aromatic carbocycles. The Kier molecular flexibility index (Phi) is 4.50. The number of nitrogens with one attached hydrogen (secondary N) is 1. The first-order valence-corrected chi connectivity index (χ1v) is 6.67. The van der Waals surface area contributed by atoms with Gasteiger partial charge >= 0.3 is 0 Å². The first kappa shape index (κ1) is 14.9. The molecule has 2 rings (SSSR count). The molecule has 7 heteroatoms. The first-order valence-electron chi connectivity index (χ1n) is 5.87. The highest BCUT2D eigenvalue weighted by Gasteiger charge is 2.11. The predicted molar refractivity (Wildman–Crippen MR) is 79.2 cm³/mol. The van der Waals surface area contributed by atoms with Crippen LogP contribution in [0.1, 0.15) is 11.1 Å². The summed E-state index contributed by atoms with van der Waals surface area (Å²) in [6.45, 7) is 0.374. The van der Waals surface area contributed by atoms with Crippen LogP contribution in [0.3, 0.4) is 0 Å². The van der Waals surface area contributed by atoms with Crippen molar-refractivity contribution in [2.45, 2.75) is 6.54 Å². The quantitative estimate of drug-likeness (QED) is 0.668. The molecular weight excluding hydrogens is 341 g/mol. The van der Waals surface area contributed by atoms with Gasteiger partial charge in [0.25, 0.3) is 5.69 Å². The summed E-state index contributed by atoms with van der Waals surface area (Å²) in [6.07, 6.45) is 0. The van der Waals surface area contributed by atoms with Gasteiger partial charge in [0.2, 0.25) is 0 Å². The Morgan fingerprint density at radius 3 is 2.71 bits per heavy atom. The molecule has 5 nitrogen and oxygen atoms in total. The Labute approximate surface area is 128 Å². The number of rotatable bonds is 4. The van der Waals surface area contributed by atoms with Gasteiger partial charge in [-0.2, -0.15) is 5.26 Å². The van der Waals surface area contributed by atoms with Gasteiger partial charge in [-0.1, -0.05) is 6.07 Å². The van der Waals surface area contributed by atoms with Crippen LogP contribution in [0.15, 0.2) is 40.9 Å². The maximum Gasteiger partial charge on any atom is 0.283 e. The summed E-state index contributed by atoms with van der Waals surface area (Å²) in [6, 6.07) is 10.6. The Balaban J connectivity index is 2.12. The average molecular weight is 350 g/mol. The predicted octanol–water partition coefficient (Wildman–Crippen LogP) is 3.98. The van der Waals surface area contributed by atoms with Crippen molar-refractivity contribution in [2.24, 2.45) is 0 Å². The van der Waals surface area contributed by atoms with Crippen LogP contribution >= 0.6 is 15.9 Å². The molecule has 0 heterocycles. The zero-order chi connectivity index (χ0) is 15.4. The van der Waals surface area contributed by atoms with Crippen LogP contribution in [-0.2, 0) is 6.54 Å². The summed E-state index contributed by atoms with van der Waals surface area (Å²) >= 11 is 3.13. The monoisotopic (exact) mass is 349 g/mol. The van der Waals surface area contributed by atoms with Gasteiger partial charge in [-0.05, 0) is 45.8 Å². The normalized spacial score (nSPS) is 9.95. The maximum absolute atomic E-state index is 13.2. The molecule has 0 radical (unpaired) electrons. The van der Waals surface area contributed by atoms with Crippen molar-refractivity contribution in [3.05, 3.63) is 67.9 Å². The topological polar surface area (TPSA) is 79.0 Å². The van der Waals surface area contributed by atoms with Gasteiger partial charge in [-0.15, -0.1) is 0 Å². The number of hydrogen-bond donors (Lipinski definition) is 1. The highest BCUT2D eigenvalue weighted by molar-refractivity contribution is 9.10. The van der Waals surface area contributed by atoms with Crippen molar-refractivity contribution in [1.82, 2.24) is 0 Å². The molecule has 0 saturated heterocycles. The van der Waals surface area contributed by atoms with Gasteiger partial charge < -0.3 is 5.32 Å². The number of nitro benzene ring substituents is 1. The van der Waals surface area contributed by atoms with Crippen molar-refractivity contribution in [3.8, 4) is 6.07 Å². The molecule has 0 bridgehead atoms. The van der Waals surface area contributed by atoms with Crippen LogP contribution in [0.25, 0.3) is 0 Å². The lowest BCUT2D eigenvalue weighted by molar-refractivity contribution is -0.385. The van der Waals surface area contributed by atoms with E-state index in [2.05, 4.69) is 21.2 Å². The maximum atomic E-state index is 13.2. The fraction of sp³-hybridized carbons (Fsp3) is 0.0714. The SMILES string of the molecule is N#Cc1cc(CNc2ccc([N+](=O)[O-])c(Br)c2)ccc1F. The molecular formula is C14H9BrFN3O2. The summed E-state index contributed by atoms with van der Waals surface area (Å²) in [5.41, 5.74) is 1.38. The van der Waals surface area contributed by atoms with E-state index in [1.165, 1.54) is 18.2 Å². The van der Waals surface area contributed by atoms with E-state index in [-0.39, 0.29) is 11.3 Å². The first-order chi connectivity index (χ1) is 10.0. The molecule has 0 aromatic heterocycles. The molecule has 0 aliphatic carbocycles. The van der Waals surface area contributed by atoms with Crippen molar-refractivity contribution >= 4 is 27.3 Å². The number of anilines is 1. The van der Waals surface area contributed by atoms with E-state index in [0.717, 1.165) is 5.56 Å². The number of nitrogens with zero attached hydrogens (tertiary/aromatic N) is 2. The van der Waals surface area contributed by atoms with E-state index in [9.17, 15) is 14.5 Å². The lowest BCUT2D eigenvalue weighted by Gasteiger charge is -2.07. The van der Waals surface area contributed by atoms with Crippen LogP contribution in [0.2, 0.25) is 0 Å². The molecule has 0 amide bonds. The van der Waals surface area contributed by atoms with E-state index in [1.807, 2.05) is 0 Å². The highest BCUT2D eigenvalue weighted by atomic mass is 79.9. The third-order valence-corrected chi connectivity index (χ3v) is 3.43. The second-order valence-electron chi connectivity index (χ2n) is 4.20. The van der Waals surface area contributed by atoms with E-state index in [4.69, 9.17) is 5.26 Å². The Morgan fingerprint density at radius 1 is 1.33 bits per heavy atom. The fourth-order valence-electron chi connectivity index (χ4n) is 1.74. The number of hydrogen-bond acceptors (Lipinski definition) is 4. The molecule has 0 aliphatic heterocycles. The van der Waals surface area contributed by atoms with Crippen LogP contribution in [-0.4, -0.2) is 4.92 Å². The lowest BCUT2D eigenvalue weighted by atomic mass is 10.1. The van der Waals surface area contributed by atoms with E-state index < -0.39 is 10.7 Å². The molecule has 0 saturated carbocycles. The number of benzene rings is 2. The van der Waals surface area contributed by atoms with E-state index in [1.54, 1.807) is 24.3 Å². The van der Waals surface area contributed by atoms with Gasteiger partial charge in [-0.25, -0.2) is 4.39 Å². The van der Waals surface area contributed by atoms with Crippen LogP contribution in [0.5, 0.6) is 0 Å². The average Bonchev–Trinajstić information content (AvgIpc) is 2.46. The standard InChI is InChI=1S/C14H9BrFN3O2/c15-12-6-11(2-4-14(12)19(20)21)18-8-9-1-3-13(16)10(5-9)7-17/h1-6,18H,8H2. The van der Waals surface area contributed by atoms with Crippen LogP contribution < -0.4 is 5.32 Å². The van der Waals surface area contributed by atoms with Gasteiger partial charge in [0.15, 0.2) is 0 Å². The summed E-state index contributed by atoms with van der Waals surface area (Å²) in [5, 5.41) is 22.5. The zero-order valence-electron chi connectivity index (χ0n) is 10.6. The molecule has 1 N–H and O–H groups in total. The zero-order valence-corrected chi connectivity index (χ0v) is 12.2. The van der Waals surface area contributed by atoms with E-state index >= 15 is 0 Å². The van der Waals surface area contributed by atoms with Crippen LogP contribution in [0.4, 0.5) is 15.8 Å². The molecule has 21 heavy (non-hydrogen) atoms. The molecule has 0 fully saturated rings. The highest BCUT2D eigenvalue weighted by Crippen LogP contribution is 2.27. The minimum Gasteiger partial charge on any atom is -0.381 e. The Bertz CT molecular complexity index is 743. The van der Waals surface area contributed by atoms with E-state index in [0.29, 0.717) is 16.7 Å². The minimum absolute atomic E-state index is 0.0146. The molecule has 0 spiro atoms. The second kappa shape index (κ2) is 6.33. The van der Waals surface area contributed by atoms with Crippen molar-refractivity contribution < 1.29 is 9.31 Å². The van der Waals surface area contributed by atoms with Crippen LogP contribution in [0, 0.1) is 27.3 Å². The molecule has 0 aliphatic rings. The smallest absolute Gasteiger partial charge is 0.283 e. The summed E-state index contributed by atoms with van der Waals surface area (Å²) in [7, 11) is 0. The largest absolute Gasteiger partial charge is 0.381 e. The minimum atomic E-state index is -0.556. The summed E-state index contributed by atoms with van der Waals surface area (Å²) in [4.78, 5) is 10.2. The molecule has 0 atom stereocenters. The van der Waals surface area contributed by atoms with Gasteiger partial charge in [0.05, 0.1) is 15.0 Å². The summed E-state index contributed by atoms with van der Waals surface area (Å²) < 4.78 is 13.6.